The van der Waals surface area contributed by atoms with Gasteiger partial charge in [-0.1, -0.05) is 72.9 Å². The summed E-state index contributed by atoms with van der Waals surface area (Å²) in [6.45, 7) is 9.13. The molecule has 0 saturated heterocycles. The molecule has 0 aliphatic heterocycles. The Morgan fingerprint density at radius 3 is 2.33 bits per heavy atom. The molecule has 0 amide bonds. The molecule has 0 aromatic heterocycles. The summed E-state index contributed by atoms with van der Waals surface area (Å²) in [5, 5.41) is 1.43. The summed E-state index contributed by atoms with van der Waals surface area (Å²) in [6.07, 6.45) is 2.29. The van der Waals surface area contributed by atoms with Crippen LogP contribution in [0.1, 0.15) is 50.9 Å². The van der Waals surface area contributed by atoms with E-state index in [0.29, 0.717) is 21.2 Å². The molecule has 0 aliphatic carbocycles. The molecule has 0 spiro atoms. The van der Waals surface area contributed by atoms with Crippen molar-refractivity contribution in [2.45, 2.75) is 45.4 Å². The van der Waals surface area contributed by atoms with Crippen LogP contribution in [-0.2, 0) is 0 Å². The molecule has 102 valence electrons. The Kier molecular flexibility index (Phi) is 6.02. The first-order chi connectivity index (χ1) is 8.19. The van der Waals surface area contributed by atoms with Crippen LogP contribution in [0.2, 0.25) is 10.0 Å². The molecule has 2 atom stereocenters. The molecule has 3 heteroatoms. The highest BCUT2D eigenvalue weighted by atomic mass is 79.9. The van der Waals surface area contributed by atoms with Gasteiger partial charge in [0.1, 0.15) is 0 Å². The van der Waals surface area contributed by atoms with E-state index in [9.17, 15) is 0 Å². The third-order valence-corrected chi connectivity index (χ3v) is 4.30. The van der Waals surface area contributed by atoms with E-state index < -0.39 is 0 Å². The highest BCUT2D eigenvalue weighted by Gasteiger charge is 2.20. The highest BCUT2D eigenvalue weighted by molar-refractivity contribution is 9.09. The van der Waals surface area contributed by atoms with E-state index in [1.54, 1.807) is 6.07 Å². The number of hydrogen-bond donors (Lipinski definition) is 0. The van der Waals surface area contributed by atoms with Crippen LogP contribution >= 0.6 is 39.1 Å². The number of alkyl halides is 1. The maximum Gasteiger partial charge on any atom is 0.0464 e. The van der Waals surface area contributed by atoms with Gasteiger partial charge in [0.25, 0.3) is 0 Å². The van der Waals surface area contributed by atoms with Gasteiger partial charge in [0.05, 0.1) is 0 Å². The van der Waals surface area contributed by atoms with E-state index in [4.69, 9.17) is 23.2 Å². The SMILES string of the molecule is CC(CC(Br)c1ccc(Cl)cc1Cl)CC(C)(C)C. The normalized spacial score (nSPS) is 15.5. The zero-order valence-electron chi connectivity index (χ0n) is 11.4. The van der Waals surface area contributed by atoms with Crippen LogP contribution in [0.4, 0.5) is 0 Å². The van der Waals surface area contributed by atoms with Crippen LogP contribution in [0.5, 0.6) is 0 Å². The summed E-state index contributed by atoms with van der Waals surface area (Å²) < 4.78 is 0. The fourth-order valence-electron chi connectivity index (χ4n) is 2.36. The molecule has 0 radical (unpaired) electrons. The van der Waals surface area contributed by atoms with E-state index in [2.05, 4.69) is 43.6 Å². The van der Waals surface area contributed by atoms with E-state index >= 15 is 0 Å². The van der Waals surface area contributed by atoms with Gasteiger partial charge in [-0.25, -0.2) is 0 Å². The largest absolute Gasteiger partial charge is 0.0843 e. The lowest BCUT2D eigenvalue weighted by molar-refractivity contribution is 0.296. The van der Waals surface area contributed by atoms with Gasteiger partial charge in [0.2, 0.25) is 0 Å². The molecule has 0 N–H and O–H groups in total. The molecule has 0 saturated carbocycles. The van der Waals surface area contributed by atoms with Crippen molar-refractivity contribution in [1.82, 2.24) is 0 Å². The Hall–Kier alpha value is 0.280. The maximum absolute atomic E-state index is 6.23. The molecule has 0 bridgehead atoms. The maximum atomic E-state index is 6.23. The van der Waals surface area contributed by atoms with Crippen molar-refractivity contribution < 1.29 is 0 Å². The third-order valence-electron chi connectivity index (χ3n) is 2.87. The lowest BCUT2D eigenvalue weighted by atomic mass is 9.83. The van der Waals surface area contributed by atoms with Crippen molar-refractivity contribution in [2.75, 3.05) is 0 Å². The van der Waals surface area contributed by atoms with Crippen molar-refractivity contribution in [1.29, 1.82) is 0 Å². The Morgan fingerprint density at radius 2 is 1.83 bits per heavy atom. The highest BCUT2D eigenvalue weighted by Crippen LogP contribution is 2.38. The lowest BCUT2D eigenvalue weighted by Gasteiger charge is -2.25. The van der Waals surface area contributed by atoms with Crippen molar-refractivity contribution in [3.05, 3.63) is 33.8 Å². The van der Waals surface area contributed by atoms with Gasteiger partial charge in [-0.15, -0.1) is 0 Å². The van der Waals surface area contributed by atoms with Crippen LogP contribution in [0.3, 0.4) is 0 Å². The first-order valence-corrected chi connectivity index (χ1v) is 7.95. The van der Waals surface area contributed by atoms with Crippen LogP contribution in [-0.4, -0.2) is 0 Å². The Morgan fingerprint density at radius 1 is 1.22 bits per heavy atom. The van der Waals surface area contributed by atoms with Gasteiger partial charge in [-0.05, 0) is 41.9 Å². The molecule has 1 aromatic carbocycles. The quantitative estimate of drug-likeness (QED) is 0.518. The molecular weight excluding hydrogens is 331 g/mol. The summed E-state index contributed by atoms with van der Waals surface area (Å²) in [7, 11) is 0. The molecule has 1 aromatic rings. The van der Waals surface area contributed by atoms with Crippen molar-refractivity contribution in [3.8, 4) is 0 Å². The standard InChI is InChI=1S/C15H21BrCl2/c1-10(9-15(2,3)4)7-13(16)12-6-5-11(17)8-14(12)18/h5-6,8,10,13H,7,9H2,1-4H3. The van der Waals surface area contributed by atoms with E-state index in [1.165, 1.54) is 6.42 Å². The van der Waals surface area contributed by atoms with Gasteiger partial charge >= 0.3 is 0 Å². The van der Waals surface area contributed by atoms with Crippen molar-refractivity contribution in [3.63, 3.8) is 0 Å². The molecular formula is C15H21BrCl2. The number of hydrogen-bond acceptors (Lipinski definition) is 0. The van der Waals surface area contributed by atoms with Crippen molar-refractivity contribution >= 4 is 39.1 Å². The fraction of sp³-hybridized carbons (Fsp3) is 0.600. The number of halogens is 3. The minimum Gasteiger partial charge on any atom is -0.0843 e. The number of benzene rings is 1. The predicted octanol–water partition coefficient (Wildman–Crippen LogP) is 6.89. The molecule has 0 nitrogen and oxygen atoms in total. The number of rotatable bonds is 4. The van der Waals surface area contributed by atoms with Crippen LogP contribution < -0.4 is 0 Å². The van der Waals surface area contributed by atoms with Crippen LogP contribution in [0.25, 0.3) is 0 Å². The second-order valence-electron chi connectivity index (χ2n) is 6.24. The van der Waals surface area contributed by atoms with E-state index in [-0.39, 0.29) is 0 Å². The molecule has 0 aliphatic rings. The lowest BCUT2D eigenvalue weighted by Crippen LogP contribution is -2.12. The molecule has 0 heterocycles. The van der Waals surface area contributed by atoms with E-state index in [0.717, 1.165) is 17.0 Å². The topological polar surface area (TPSA) is 0 Å². The first kappa shape index (κ1) is 16.3. The average Bonchev–Trinajstić information content (AvgIpc) is 2.13. The average molecular weight is 352 g/mol. The van der Waals surface area contributed by atoms with E-state index in [1.807, 2.05) is 12.1 Å². The minimum absolute atomic E-state index is 0.291. The molecule has 18 heavy (non-hydrogen) atoms. The fourth-order valence-corrected chi connectivity index (χ4v) is 4.07. The Balaban J connectivity index is 2.67. The smallest absolute Gasteiger partial charge is 0.0464 e. The molecule has 2 unspecified atom stereocenters. The van der Waals surface area contributed by atoms with Gasteiger partial charge in [0.15, 0.2) is 0 Å². The van der Waals surface area contributed by atoms with Gasteiger partial charge < -0.3 is 0 Å². The summed E-state index contributed by atoms with van der Waals surface area (Å²) in [6, 6.07) is 5.71. The predicted molar refractivity (Wildman–Crippen MR) is 86.0 cm³/mol. The van der Waals surface area contributed by atoms with Gasteiger partial charge in [-0.3, -0.25) is 0 Å². The minimum atomic E-state index is 0.291. The second kappa shape index (κ2) is 6.63. The summed E-state index contributed by atoms with van der Waals surface area (Å²) >= 11 is 15.9. The Labute approximate surface area is 129 Å². The summed E-state index contributed by atoms with van der Waals surface area (Å²) in [5.41, 5.74) is 1.50. The first-order valence-electron chi connectivity index (χ1n) is 6.28. The van der Waals surface area contributed by atoms with Gasteiger partial charge in [-0.2, -0.15) is 0 Å². The van der Waals surface area contributed by atoms with Gasteiger partial charge in [0, 0.05) is 14.9 Å². The van der Waals surface area contributed by atoms with Crippen molar-refractivity contribution in [2.24, 2.45) is 11.3 Å². The second-order valence-corrected chi connectivity index (χ2v) is 8.19. The third kappa shape index (κ3) is 5.50. The molecule has 0 fully saturated rings. The monoisotopic (exact) mass is 350 g/mol. The zero-order chi connectivity index (χ0) is 13.9. The summed E-state index contributed by atoms with van der Waals surface area (Å²) in [4.78, 5) is 0.291. The summed E-state index contributed by atoms with van der Waals surface area (Å²) in [5.74, 6) is 0.654. The molecule has 1 rings (SSSR count). The zero-order valence-corrected chi connectivity index (χ0v) is 14.5. The van der Waals surface area contributed by atoms with Crippen LogP contribution in [0, 0.1) is 11.3 Å². The Bertz CT molecular complexity index is 396. The van der Waals surface area contributed by atoms with Crippen LogP contribution in [0.15, 0.2) is 18.2 Å².